The zero-order valence-corrected chi connectivity index (χ0v) is 15.6. The Morgan fingerprint density at radius 2 is 1.72 bits per heavy atom. The predicted molar refractivity (Wildman–Crippen MR) is 84.2 cm³/mol. The van der Waals surface area contributed by atoms with Crippen LogP contribution in [0.25, 0.3) is 0 Å². The van der Waals surface area contributed by atoms with E-state index in [0.29, 0.717) is 5.75 Å². The van der Waals surface area contributed by atoms with E-state index in [0.717, 1.165) is 17.5 Å². The molecular formula is C13H22Cl2OSiTi. The fraction of sp³-hybridized carbons (Fsp3) is 0.385. The molecule has 18 heavy (non-hydrogen) atoms. The Morgan fingerprint density at radius 1 is 1.22 bits per heavy atom. The second-order valence-electron chi connectivity index (χ2n) is 5.05. The molecule has 1 rings (SSSR count). The third-order valence-corrected chi connectivity index (χ3v) is 4.59. The average Bonchev–Trinajstić information content (AvgIpc) is 2.07. The molecule has 102 valence electrons. The first kappa shape index (κ1) is 23.4. The second kappa shape index (κ2) is 9.22. The molecule has 1 aromatic rings. The summed E-state index contributed by atoms with van der Waals surface area (Å²) in [5.74, 6) is 0.423. The maximum atomic E-state index is 9.94. The van der Waals surface area contributed by atoms with E-state index >= 15 is 0 Å². The summed E-state index contributed by atoms with van der Waals surface area (Å²) in [6.45, 7) is 12.7. The van der Waals surface area contributed by atoms with Crippen molar-refractivity contribution >= 4 is 38.1 Å². The summed E-state index contributed by atoms with van der Waals surface area (Å²) in [5, 5.41) is 11.3. The van der Waals surface area contributed by atoms with Gasteiger partial charge in [0.05, 0.1) is 8.07 Å². The molecule has 0 heterocycles. The number of halogens is 2. The zero-order chi connectivity index (χ0) is 11.6. The molecule has 0 aromatic heterocycles. The first-order valence-corrected chi connectivity index (χ1v) is 8.80. The van der Waals surface area contributed by atoms with E-state index in [4.69, 9.17) is 0 Å². The van der Waals surface area contributed by atoms with Gasteiger partial charge in [-0.1, -0.05) is 37.0 Å². The molecule has 0 spiro atoms. The molecule has 0 amide bonds. The van der Waals surface area contributed by atoms with Crippen LogP contribution in [0.2, 0.25) is 19.6 Å². The normalized spacial score (nSPS) is 9.56. The van der Waals surface area contributed by atoms with Crippen LogP contribution in [0.1, 0.15) is 11.1 Å². The van der Waals surface area contributed by atoms with Crippen LogP contribution in [-0.4, -0.2) is 13.2 Å². The molecule has 0 aliphatic heterocycles. The molecule has 1 aromatic carbocycles. The number of aromatic hydroxyl groups is 1. The summed E-state index contributed by atoms with van der Waals surface area (Å²) in [6, 6.07) is 4.05. The van der Waals surface area contributed by atoms with Crippen molar-refractivity contribution in [3.05, 3.63) is 35.9 Å². The van der Waals surface area contributed by atoms with Crippen molar-refractivity contribution in [3.8, 4) is 5.75 Å². The molecule has 0 radical (unpaired) electrons. The molecule has 0 aliphatic carbocycles. The molecule has 0 saturated carbocycles. The quantitative estimate of drug-likeness (QED) is 0.655. The molecule has 0 atom stereocenters. The van der Waals surface area contributed by atoms with Gasteiger partial charge in [0.1, 0.15) is 5.75 Å². The summed E-state index contributed by atoms with van der Waals surface area (Å²) >= 11 is 0. The number of hydrogen-bond donors (Lipinski definition) is 1. The van der Waals surface area contributed by atoms with Crippen LogP contribution in [0.3, 0.4) is 0 Å². The van der Waals surface area contributed by atoms with Crippen LogP contribution in [0.5, 0.6) is 5.75 Å². The van der Waals surface area contributed by atoms with Crippen LogP contribution in [0.4, 0.5) is 0 Å². The number of benzene rings is 1. The van der Waals surface area contributed by atoms with Gasteiger partial charge in [-0.15, -0.1) is 31.4 Å². The molecule has 0 saturated heterocycles. The van der Waals surface area contributed by atoms with Gasteiger partial charge in [0, 0.05) is 21.7 Å². The van der Waals surface area contributed by atoms with Gasteiger partial charge in [0.2, 0.25) is 0 Å². The van der Waals surface area contributed by atoms with E-state index in [9.17, 15) is 5.11 Å². The van der Waals surface area contributed by atoms with Crippen molar-refractivity contribution in [1.29, 1.82) is 0 Å². The number of hydrogen-bond acceptors (Lipinski definition) is 1. The SMILES string of the molecule is C=CCc1c(O)cc(C)cc1[Si](C)(C)C.Cl.Cl.[Ti]. The van der Waals surface area contributed by atoms with Crippen LogP contribution >= 0.6 is 24.8 Å². The third-order valence-electron chi connectivity index (χ3n) is 2.53. The van der Waals surface area contributed by atoms with Crippen molar-refractivity contribution < 1.29 is 26.8 Å². The van der Waals surface area contributed by atoms with E-state index in [1.807, 2.05) is 19.1 Å². The summed E-state index contributed by atoms with van der Waals surface area (Å²) < 4.78 is 0. The molecular weight excluding hydrogens is 319 g/mol. The minimum absolute atomic E-state index is 0. The third kappa shape index (κ3) is 5.94. The number of phenolic OH excluding ortho intramolecular Hbond substituents is 1. The van der Waals surface area contributed by atoms with Crippen molar-refractivity contribution in [2.24, 2.45) is 0 Å². The van der Waals surface area contributed by atoms with Gasteiger partial charge in [-0.05, 0) is 30.5 Å². The van der Waals surface area contributed by atoms with E-state index < -0.39 is 8.07 Å². The molecule has 0 unspecified atom stereocenters. The maximum Gasteiger partial charge on any atom is 0.119 e. The molecule has 0 aliphatic rings. The van der Waals surface area contributed by atoms with E-state index in [-0.39, 0.29) is 46.5 Å². The van der Waals surface area contributed by atoms with Crippen LogP contribution in [-0.2, 0) is 28.1 Å². The van der Waals surface area contributed by atoms with Crippen molar-refractivity contribution in [1.82, 2.24) is 0 Å². The van der Waals surface area contributed by atoms with E-state index in [2.05, 4.69) is 32.3 Å². The van der Waals surface area contributed by atoms with Gasteiger partial charge in [0.25, 0.3) is 0 Å². The molecule has 5 heteroatoms. The molecule has 1 nitrogen and oxygen atoms in total. The van der Waals surface area contributed by atoms with Crippen LogP contribution < -0.4 is 5.19 Å². The fourth-order valence-corrected chi connectivity index (χ4v) is 3.62. The van der Waals surface area contributed by atoms with Crippen LogP contribution in [0.15, 0.2) is 24.8 Å². The number of allylic oxidation sites excluding steroid dienone is 1. The van der Waals surface area contributed by atoms with Gasteiger partial charge in [-0.3, -0.25) is 0 Å². The Bertz CT molecular complexity index is 389. The average molecular weight is 341 g/mol. The van der Waals surface area contributed by atoms with Gasteiger partial charge < -0.3 is 5.11 Å². The summed E-state index contributed by atoms with van der Waals surface area (Å²) in [4.78, 5) is 0. The van der Waals surface area contributed by atoms with Gasteiger partial charge in [-0.2, -0.15) is 0 Å². The van der Waals surface area contributed by atoms with Crippen molar-refractivity contribution in [3.63, 3.8) is 0 Å². The van der Waals surface area contributed by atoms with E-state index in [1.165, 1.54) is 5.19 Å². The minimum Gasteiger partial charge on any atom is -0.508 e. The Labute approximate surface area is 139 Å². The Hall–Kier alpha value is 0.271. The minimum atomic E-state index is -1.39. The molecule has 0 fully saturated rings. The first-order chi connectivity index (χ1) is 6.86. The zero-order valence-electron chi connectivity index (χ0n) is 11.4. The monoisotopic (exact) mass is 340 g/mol. The number of phenols is 1. The molecule has 0 bridgehead atoms. The number of aryl methyl sites for hydroxylation is 1. The van der Waals surface area contributed by atoms with Crippen molar-refractivity contribution in [2.75, 3.05) is 0 Å². The number of rotatable bonds is 3. The Morgan fingerprint density at radius 3 is 2.11 bits per heavy atom. The topological polar surface area (TPSA) is 20.2 Å². The van der Waals surface area contributed by atoms with Gasteiger partial charge in [0.15, 0.2) is 0 Å². The Balaban J connectivity index is -0.000000750. The van der Waals surface area contributed by atoms with Crippen molar-refractivity contribution in [2.45, 2.75) is 33.0 Å². The smallest absolute Gasteiger partial charge is 0.119 e. The van der Waals surface area contributed by atoms with E-state index in [1.54, 1.807) is 0 Å². The van der Waals surface area contributed by atoms with Gasteiger partial charge in [-0.25, -0.2) is 0 Å². The Kier molecular flexibility index (Phi) is 12.0. The standard InChI is InChI=1S/C13H20OSi.2ClH.Ti/c1-6-7-11-12(14)8-10(2)9-13(11)15(3,4)5;;;/h6,8-9,14H,1,7H2,2-5H3;2*1H;. The molecule has 1 N–H and O–H groups in total. The predicted octanol–water partition coefficient (Wildman–Crippen LogP) is 3.82. The first-order valence-electron chi connectivity index (χ1n) is 5.30. The van der Waals surface area contributed by atoms with Gasteiger partial charge >= 0.3 is 0 Å². The van der Waals surface area contributed by atoms with Crippen LogP contribution in [0, 0.1) is 6.92 Å². The summed E-state index contributed by atoms with van der Waals surface area (Å²) in [7, 11) is -1.39. The summed E-state index contributed by atoms with van der Waals surface area (Å²) in [5.41, 5.74) is 2.20. The second-order valence-corrected chi connectivity index (χ2v) is 10.1. The largest absolute Gasteiger partial charge is 0.508 e. The summed E-state index contributed by atoms with van der Waals surface area (Å²) in [6.07, 6.45) is 2.61. The maximum absolute atomic E-state index is 9.94. The fourth-order valence-electron chi connectivity index (χ4n) is 1.83.